The number of nitrogens with one attached hydrogen (secondary N) is 1. The summed E-state index contributed by atoms with van der Waals surface area (Å²) in [6.45, 7) is 6.64. The van der Waals surface area contributed by atoms with Gasteiger partial charge >= 0.3 is 6.09 Å². The van der Waals surface area contributed by atoms with Crippen molar-refractivity contribution in [2.24, 2.45) is 0 Å². The zero-order valence-electron chi connectivity index (χ0n) is 13.9. The Bertz CT molecular complexity index is 565. The third-order valence-electron chi connectivity index (χ3n) is 2.82. The molecule has 1 aromatic rings. The van der Waals surface area contributed by atoms with Crippen LogP contribution < -0.4 is 10.2 Å². The molecule has 0 fully saturated rings. The molecular weight excluding hydrogens is 299 g/mol. The Morgan fingerprint density at radius 1 is 1.26 bits per heavy atom. The molecule has 6 heteroatoms. The Morgan fingerprint density at radius 2 is 1.87 bits per heavy atom. The lowest BCUT2D eigenvalue weighted by molar-refractivity contribution is -0.116. The number of halogens is 1. The summed E-state index contributed by atoms with van der Waals surface area (Å²) in [5.41, 5.74) is 0.297. The van der Waals surface area contributed by atoms with Crippen molar-refractivity contribution in [3.05, 3.63) is 42.2 Å². The molecule has 0 aliphatic heterocycles. The fourth-order valence-corrected chi connectivity index (χ4v) is 1.82. The van der Waals surface area contributed by atoms with Crippen LogP contribution in [-0.4, -0.2) is 30.7 Å². The number of alkyl carbamates (subject to hydrolysis) is 1. The van der Waals surface area contributed by atoms with Crippen molar-refractivity contribution in [1.82, 2.24) is 5.32 Å². The maximum absolute atomic E-state index is 13.1. The van der Waals surface area contributed by atoms with E-state index in [0.717, 1.165) is 0 Å². The minimum atomic E-state index is -0.633. The molecule has 0 heterocycles. The maximum Gasteiger partial charge on any atom is 0.407 e. The average molecular weight is 322 g/mol. The van der Waals surface area contributed by atoms with Gasteiger partial charge in [0.25, 0.3) is 0 Å². The second-order valence-corrected chi connectivity index (χ2v) is 6.06. The summed E-state index contributed by atoms with van der Waals surface area (Å²) in [5, 5.41) is 2.48. The standard InChI is InChI=1S/C17H23FN2O3/c1-13(21)20(15-8-6-5-7-9-15)12-14(10-18)11-19-16(22)23-17(2,3)4/h5-10H,11-12H2,1-4H3,(H,19,22)/b14-10+. The molecule has 0 aromatic heterocycles. The number of hydrogen-bond donors (Lipinski definition) is 1. The lowest BCUT2D eigenvalue weighted by Gasteiger charge is -2.23. The van der Waals surface area contributed by atoms with E-state index in [-0.39, 0.29) is 24.6 Å². The van der Waals surface area contributed by atoms with Gasteiger partial charge in [-0.2, -0.15) is 0 Å². The smallest absolute Gasteiger partial charge is 0.407 e. The van der Waals surface area contributed by atoms with Crippen LogP contribution in [-0.2, 0) is 9.53 Å². The summed E-state index contributed by atoms with van der Waals surface area (Å²) in [6, 6.07) is 8.95. The highest BCUT2D eigenvalue weighted by molar-refractivity contribution is 5.91. The quantitative estimate of drug-likeness (QED) is 0.903. The lowest BCUT2D eigenvalue weighted by Crippen LogP contribution is -2.37. The molecule has 0 saturated carbocycles. The number of nitrogens with zero attached hydrogens (tertiary/aromatic N) is 1. The molecule has 0 unspecified atom stereocenters. The fraction of sp³-hybridized carbons (Fsp3) is 0.412. The van der Waals surface area contributed by atoms with Crippen molar-refractivity contribution in [3.8, 4) is 0 Å². The average Bonchev–Trinajstić information content (AvgIpc) is 2.46. The number of rotatable bonds is 5. The number of ether oxygens (including phenoxy) is 1. The summed E-state index contributed by atoms with van der Waals surface area (Å²) in [4.78, 5) is 24.8. The van der Waals surface area contributed by atoms with Crippen molar-refractivity contribution >= 4 is 17.7 Å². The fourth-order valence-electron chi connectivity index (χ4n) is 1.82. The minimum Gasteiger partial charge on any atom is -0.444 e. The van der Waals surface area contributed by atoms with E-state index < -0.39 is 11.7 Å². The van der Waals surface area contributed by atoms with Gasteiger partial charge in [0.15, 0.2) is 0 Å². The highest BCUT2D eigenvalue weighted by Crippen LogP contribution is 2.15. The topological polar surface area (TPSA) is 58.6 Å². The van der Waals surface area contributed by atoms with Gasteiger partial charge in [-0.3, -0.25) is 4.79 Å². The van der Waals surface area contributed by atoms with Gasteiger partial charge in [-0.1, -0.05) is 18.2 Å². The molecule has 0 aliphatic carbocycles. The molecule has 126 valence electrons. The molecule has 0 bridgehead atoms. The molecule has 2 amide bonds. The highest BCUT2D eigenvalue weighted by Gasteiger charge is 2.17. The van der Waals surface area contributed by atoms with Crippen LogP contribution in [0.2, 0.25) is 0 Å². The highest BCUT2D eigenvalue weighted by atomic mass is 19.1. The van der Waals surface area contributed by atoms with Gasteiger partial charge in [-0.15, -0.1) is 0 Å². The molecule has 0 atom stereocenters. The van der Waals surface area contributed by atoms with Gasteiger partial charge in [0.05, 0.1) is 12.9 Å². The van der Waals surface area contributed by atoms with E-state index in [2.05, 4.69) is 5.32 Å². The third-order valence-corrected chi connectivity index (χ3v) is 2.82. The molecule has 5 nitrogen and oxygen atoms in total. The van der Waals surface area contributed by atoms with E-state index in [1.807, 2.05) is 6.07 Å². The Labute approximate surface area is 136 Å². The van der Waals surface area contributed by atoms with Gasteiger partial charge < -0.3 is 15.0 Å². The normalized spacial score (nSPS) is 11.8. The summed E-state index contributed by atoms with van der Waals surface area (Å²) < 4.78 is 18.2. The van der Waals surface area contributed by atoms with E-state index in [1.54, 1.807) is 45.0 Å². The zero-order valence-corrected chi connectivity index (χ0v) is 13.9. The van der Waals surface area contributed by atoms with Crippen molar-refractivity contribution in [2.75, 3.05) is 18.0 Å². The Hall–Kier alpha value is -2.37. The first-order chi connectivity index (χ1) is 10.7. The number of carbonyl (C=O) groups is 2. The maximum atomic E-state index is 13.1. The predicted molar refractivity (Wildman–Crippen MR) is 87.9 cm³/mol. The summed E-state index contributed by atoms with van der Waals surface area (Å²) >= 11 is 0. The molecule has 0 radical (unpaired) electrons. The van der Waals surface area contributed by atoms with Crippen LogP contribution in [0.15, 0.2) is 42.2 Å². The lowest BCUT2D eigenvalue weighted by atomic mass is 10.2. The van der Waals surface area contributed by atoms with E-state index in [0.29, 0.717) is 12.0 Å². The van der Waals surface area contributed by atoms with Crippen LogP contribution in [0.3, 0.4) is 0 Å². The molecule has 0 aliphatic rings. The van der Waals surface area contributed by atoms with Crippen molar-refractivity contribution in [1.29, 1.82) is 0 Å². The summed E-state index contributed by atoms with van der Waals surface area (Å²) in [5.74, 6) is -0.215. The first-order valence-corrected chi connectivity index (χ1v) is 7.31. The second-order valence-electron chi connectivity index (χ2n) is 6.06. The Morgan fingerprint density at radius 3 is 2.35 bits per heavy atom. The molecule has 0 saturated heterocycles. The van der Waals surface area contributed by atoms with Crippen molar-refractivity contribution in [3.63, 3.8) is 0 Å². The summed E-state index contributed by atoms with van der Waals surface area (Å²) in [7, 11) is 0. The number of benzene rings is 1. The third kappa shape index (κ3) is 6.95. The molecule has 1 aromatic carbocycles. The molecule has 23 heavy (non-hydrogen) atoms. The van der Waals surface area contributed by atoms with Crippen molar-refractivity contribution in [2.45, 2.75) is 33.3 Å². The number of amides is 2. The van der Waals surface area contributed by atoms with Crippen LogP contribution >= 0.6 is 0 Å². The number of para-hydroxylation sites is 1. The molecule has 0 spiro atoms. The zero-order chi connectivity index (χ0) is 17.5. The van der Waals surface area contributed by atoms with E-state index in [1.165, 1.54) is 11.8 Å². The number of carbonyl (C=O) groups excluding carboxylic acids is 2. The van der Waals surface area contributed by atoms with Gasteiger partial charge in [0.1, 0.15) is 5.60 Å². The van der Waals surface area contributed by atoms with Gasteiger partial charge in [-0.05, 0) is 38.5 Å². The number of hydrogen-bond acceptors (Lipinski definition) is 3. The molecule has 1 rings (SSSR count). The summed E-state index contributed by atoms with van der Waals surface area (Å²) in [6.07, 6.45) is -0.234. The first kappa shape index (κ1) is 18.7. The van der Waals surface area contributed by atoms with Gasteiger partial charge in [0, 0.05) is 19.2 Å². The molecular formula is C17H23FN2O3. The van der Waals surface area contributed by atoms with Crippen LogP contribution in [0, 0.1) is 0 Å². The van der Waals surface area contributed by atoms with Gasteiger partial charge in [0.2, 0.25) is 5.91 Å². The Balaban J connectivity index is 2.67. The predicted octanol–water partition coefficient (Wildman–Crippen LogP) is 3.42. The van der Waals surface area contributed by atoms with Crippen molar-refractivity contribution < 1.29 is 18.7 Å². The van der Waals surface area contributed by atoms with E-state index >= 15 is 0 Å². The first-order valence-electron chi connectivity index (χ1n) is 7.31. The SMILES string of the molecule is CC(=O)N(C/C(=C/F)CNC(=O)OC(C)(C)C)c1ccccc1. The van der Waals surface area contributed by atoms with E-state index in [9.17, 15) is 14.0 Å². The van der Waals surface area contributed by atoms with Gasteiger partial charge in [-0.25, -0.2) is 9.18 Å². The minimum absolute atomic E-state index is 0.0397. The van der Waals surface area contributed by atoms with Crippen LogP contribution in [0.25, 0.3) is 0 Å². The second kappa shape index (κ2) is 8.31. The largest absolute Gasteiger partial charge is 0.444 e. The molecule has 1 N–H and O–H groups in total. The Kier molecular flexibility index (Phi) is 6.75. The van der Waals surface area contributed by atoms with Crippen LogP contribution in [0.4, 0.5) is 14.9 Å². The number of anilines is 1. The van der Waals surface area contributed by atoms with Crippen LogP contribution in [0.1, 0.15) is 27.7 Å². The van der Waals surface area contributed by atoms with Crippen LogP contribution in [0.5, 0.6) is 0 Å². The monoisotopic (exact) mass is 322 g/mol. The van der Waals surface area contributed by atoms with E-state index in [4.69, 9.17) is 4.74 Å².